The highest BCUT2D eigenvalue weighted by Crippen LogP contribution is 2.29. The first-order chi connectivity index (χ1) is 5.65. The Balaban J connectivity index is 3.20. The molecule has 0 atom stereocenters. The van der Waals surface area contributed by atoms with Crippen molar-refractivity contribution < 1.29 is 0 Å². The minimum atomic E-state index is 0.683. The van der Waals surface area contributed by atoms with E-state index < -0.39 is 0 Å². The van der Waals surface area contributed by atoms with Crippen LogP contribution < -0.4 is 4.90 Å². The molecule has 1 aromatic carbocycles. The predicted octanol–water partition coefficient (Wildman–Crippen LogP) is 2.74. The van der Waals surface area contributed by atoms with Crippen LogP contribution in [0, 0.1) is 0 Å². The fourth-order valence-corrected chi connectivity index (χ4v) is 1.17. The normalized spacial score (nSPS) is 9.58. The molecule has 1 aromatic rings. The number of hydrogen-bond donors (Lipinski definition) is 0. The maximum Gasteiger partial charge on any atom is 0.0870 e. The van der Waals surface area contributed by atoms with Crippen LogP contribution in [0.15, 0.2) is 23.2 Å². The lowest BCUT2D eigenvalue weighted by Gasteiger charge is -2.14. The summed E-state index contributed by atoms with van der Waals surface area (Å²) in [7, 11) is 3.91. The molecule has 3 heteroatoms. The molecule has 2 nitrogen and oxygen atoms in total. The summed E-state index contributed by atoms with van der Waals surface area (Å²) in [5.74, 6) is 0. The second-order valence-electron chi connectivity index (χ2n) is 2.69. The van der Waals surface area contributed by atoms with Crippen molar-refractivity contribution in [2.24, 2.45) is 4.99 Å². The SMILES string of the molecule is C=Nc1cc(Cl)ccc1N(C)C. The van der Waals surface area contributed by atoms with Gasteiger partial charge < -0.3 is 4.90 Å². The Morgan fingerprint density at radius 1 is 1.42 bits per heavy atom. The van der Waals surface area contributed by atoms with Gasteiger partial charge in [0.2, 0.25) is 0 Å². The minimum Gasteiger partial charge on any atom is -0.376 e. The van der Waals surface area contributed by atoms with E-state index in [0.717, 1.165) is 11.4 Å². The van der Waals surface area contributed by atoms with Gasteiger partial charge in [0.05, 0.1) is 11.4 Å². The second-order valence-corrected chi connectivity index (χ2v) is 3.12. The molecule has 0 aromatic heterocycles. The number of nitrogens with zero attached hydrogens (tertiary/aromatic N) is 2. The van der Waals surface area contributed by atoms with Gasteiger partial charge in [0.25, 0.3) is 0 Å². The first-order valence-corrected chi connectivity index (χ1v) is 3.96. The molecule has 0 heterocycles. The molecule has 12 heavy (non-hydrogen) atoms. The summed E-state index contributed by atoms with van der Waals surface area (Å²) in [6.07, 6.45) is 0. The van der Waals surface area contributed by atoms with Crippen molar-refractivity contribution in [3.8, 4) is 0 Å². The van der Waals surface area contributed by atoms with Gasteiger partial charge in [-0.05, 0) is 24.9 Å². The monoisotopic (exact) mass is 182 g/mol. The van der Waals surface area contributed by atoms with Gasteiger partial charge in [-0.2, -0.15) is 0 Å². The van der Waals surface area contributed by atoms with Crippen molar-refractivity contribution >= 4 is 29.7 Å². The highest BCUT2D eigenvalue weighted by Gasteiger charge is 2.02. The molecule has 0 amide bonds. The van der Waals surface area contributed by atoms with E-state index in [0.29, 0.717) is 5.02 Å². The summed E-state index contributed by atoms with van der Waals surface area (Å²) < 4.78 is 0. The molecule has 0 radical (unpaired) electrons. The Hall–Kier alpha value is -1.02. The van der Waals surface area contributed by atoms with E-state index in [-0.39, 0.29) is 0 Å². The van der Waals surface area contributed by atoms with Gasteiger partial charge in [0, 0.05) is 19.1 Å². The zero-order valence-electron chi connectivity index (χ0n) is 7.21. The lowest BCUT2D eigenvalue weighted by molar-refractivity contribution is 1.13. The Morgan fingerprint density at radius 2 is 2.08 bits per heavy atom. The smallest absolute Gasteiger partial charge is 0.0870 e. The molecule has 64 valence electrons. The Morgan fingerprint density at radius 3 is 2.58 bits per heavy atom. The number of anilines is 1. The highest BCUT2D eigenvalue weighted by atomic mass is 35.5. The van der Waals surface area contributed by atoms with Gasteiger partial charge in [-0.1, -0.05) is 11.6 Å². The summed E-state index contributed by atoms with van der Waals surface area (Å²) in [6.45, 7) is 3.48. The third kappa shape index (κ3) is 1.77. The van der Waals surface area contributed by atoms with Gasteiger partial charge in [-0.25, -0.2) is 0 Å². The maximum absolute atomic E-state index is 5.79. The van der Waals surface area contributed by atoms with Crippen LogP contribution in [-0.2, 0) is 0 Å². The molecule has 0 aliphatic heterocycles. The molecule has 0 aliphatic rings. The Labute approximate surface area is 77.5 Å². The number of halogens is 1. The van der Waals surface area contributed by atoms with Crippen LogP contribution in [0.25, 0.3) is 0 Å². The molecule has 0 aliphatic carbocycles. The fraction of sp³-hybridized carbons (Fsp3) is 0.222. The number of aliphatic imine (C=N–C) groups is 1. The van der Waals surface area contributed by atoms with Gasteiger partial charge in [-0.15, -0.1) is 0 Å². The molecule has 0 unspecified atom stereocenters. The summed E-state index contributed by atoms with van der Waals surface area (Å²) in [4.78, 5) is 5.85. The van der Waals surface area contributed by atoms with Gasteiger partial charge in [-0.3, -0.25) is 4.99 Å². The summed E-state index contributed by atoms with van der Waals surface area (Å²) in [5, 5.41) is 0.683. The number of rotatable bonds is 2. The molecule has 0 bridgehead atoms. The average molecular weight is 183 g/mol. The molecular formula is C9H11ClN2. The standard InChI is InChI=1S/C9H11ClN2/c1-11-8-6-7(10)4-5-9(8)12(2)3/h4-6H,1H2,2-3H3. The maximum atomic E-state index is 5.79. The van der Waals surface area contributed by atoms with Crippen LogP contribution in [0.1, 0.15) is 0 Å². The lowest BCUT2D eigenvalue weighted by Crippen LogP contribution is -2.08. The Kier molecular flexibility index (Phi) is 2.71. The summed E-state index contributed by atoms with van der Waals surface area (Å²) >= 11 is 5.79. The van der Waals surface area contributed by atoms with Gasteiger partial charge in [0.15, 0.2) is 0 Å². The zero-order valence-corrected chi connectivity index (χ0v) is 7.97. The van der Waals surface area contributed by atoms with Crippen LogP contribution in [0.5, 0.6) is 0 Å². The zero-order chi connectivity index (χ0) is 9.14. The van der Waals surface area contributed by atoms with Crippen molar-refractivity contribution in [3.05, 3.63) is 23.2 Å². The lowest BCUT2D eigenvalue weighted by atomic mass is 10.2. The summed E-state index contributed by atoms with van der Waals surface area (Å²) in [5.41, 5.74) is 1.84. The van der Waals surface area contributed by atoms with Crippen LogP contribution in [0.3, 0.4) is 0 Å². The molecule has 0 fully saturated rings. The van der Waals surface area contributed by atoms with E-state index >= 15 is 0 Å². The predicted molar refractivity (Wildman–Crippen MR) is 55.0 cm³/mol. The number of hydrogen-bond acceptors (Lipinski definition) is 2. The first kappa shape index (κ1) is 9.07. The molecule has 1 rings (SSSR count). The van der Waals surface area contributed by atoms with Crippen molar-refractivity contribution in [2.75, 3.05) is 19.0 Å². The fourth-order valence-electron chi connectivity index (χ4n) is 1.00. The van der Waals surface area contributed by atoms with Crippen LogP contribution in [0.2, 0.25) is 5.02 Å². The molecule has 0 saturated carbocycles. The molecule has 0 N–H and O–H groups in total. The average Bonchev–Trinajstić information content (AvgIpc) is 2.03. The van der Waals surface area contributed by atoms with Crippen LogP contribution in [-0.4, -0.2) is 20.8 Å². The topological polar surface area (TPSA) is 15.6 Å². The van der Waals surface area contributed by atoms with Gasteiger partial charge >= 0.3 is 0 Å². The third-order valence-corrected chi connectivity index (χ3v) is 1.82. The van der Waals surface area contributed by atoms with Crippen molar-refractivity contribution in [3.63, 3.8) is 0 Å². The number of benzene rings is 1. The third-order valence-electron chi connectivity index (χ3n) is 1.59. The first-order valence-electron chi connectivity index (χ1n) is 3.58. The molecule has 0 spiro atoms. The van der Waals surface area contributed by atoms with E-state index in [1.54, 1.807) is 6.07 Å². The van der Waals surface area contributed by atoms with E-state index in [1.165, 1.54) is 0 Å². The largest absolute Gasteiger partial charge is 0.376 e. The van der Waals surface area contributed by atoms with E-state index in [1.807, 2.05) is 31.1 Å². The van der Waals surface area contributed by atoms with Gasteiger partial charge in [0.1, 0.15) is 0 Å². The van der Waals surface area contributed by atoms with Crippen molar-refractivity contribution in [1.82, 2.24) is 0 Å². The quantitative estimate of drug-likeness (QED) is 0.643. The summed E-state index contributed by atoms with van der Waals surface area (Å²) in [6, 6.07) is 5.56. The van der Waals surface area contributed by atoms with E-state index in [4.69, 9.17) is 11.6 Å². The van der Waals surface area contributed by atoms with Crippen LogP contribution in [0.4, 0.5) is 11.4 Å². The molecular weight excluding hydrogens is 172 g/mol. The van der Waals surface area contributed by atoms with Crippen LogP contribution >= 0.6 is 11.6 Å². The van der Waals surface area contributed by atoms with E-state index in [9.17, 15) is 0 Å². The highest BCUT2D eigenvalue weighted by molar-refractivity contribution is 6.31. The second kappa shape index (κ2) is 3.59. The van der Waals surface area contributed by atoms with Crippen molar-refractivity contribution in [1.29, 1.82) is 0 Å². The van der Waals surface area contributed by atoms with E-state index in [2.05, 4.69) is 11.7 Å². The molecule has 0 saturated heterocycles. The minimum absolute atomic E-state index is 0.683. The Bertz CT molecular complexity index is 295. The van der Waals surface area contributed by atoms with Crippen molar-refractivity contribution in [2.45, 2.75) is 0 Å².